The maximum absolute atomic E-state index is 4.31. The average Bonchev–Trinajstić information content (AvgIpc) is 2.98. The highest BCUT2D eigenvalue weighted by molar-refractivity contribution is 5.42. The highest BCUT2D eigenvalue weighted by Gasteiger charge is 2.07. The maximum atomic E-state index is 4.31. The van der Waals surface area contributed by atoms with Gasteiger partial charge in [0.2, 0.25) is 6.33 Å². The Labute approximate surface area is 105 Å². The molecule has 90 valence electrons. The van der Waals surface area contributed by atoms with Crippen molar-refractivity contribution >= 4 is 0 Å². The molecular weight excluding hydrogens is 226 g/mol. The first-order valence-electron chi connectivity index (χ1n) is 5.74. The molecule has 3 rings (SSSR count). The van der Waals surface area contributed by atoms with Crippen molar-refractivity contribution in [2.45, 2.75) is 6.92 Å². The molecule has 2 aromatic heterocycles. The van der Waals surface area contributed by atoms with Crippen molar-refractivity contribution in [3.63, 3.8) is 0 Å². The topological polar surface area (TPSA) is 39.5 Å². The second-order valence-corrected chi connectivity index (χ2v) is 4.34. The lowest BCUT2D eigenvalue weighted by atomic mass is 10.3. The Morgan fingerprint density at radius 2 is 1.89 bits per heavy atom. The first-order valence-corrected chi connectivity index (χ1v) is 5.74. The fourth-order valence-electron chi connectivity index (χ4n) is 1.83. The lowest BCUT2D eigenvalue weighted by Gasteiger charge is -2.01. The van der Waals surface area contributed by atoms with Gasteiger partial charge in [-0.3, -0.25) is 0 Å². The van der Waals surface area contributed by atoms with E-state index in [1.54, 1.807) is 6.33 Å². The molecule has 3 aromatic rings. The minimum Gasteiger partial charge on any atom is -0.241 e. The zero-order chi connectivity index (χ0) is 12.5. The summed E-state index contributed by atoms with van der Waals surface area (Å²) in [7, 11) is 1.95. The summed E-state index contributed by atoms with van der Waals surface area (Å²) >= 11 is 0. The van der Waals surface area contributed by atoms with Gasteiger partial charge in [-0.05, 0) is 24.6 Å². The van der Waals surface area contributed by atoms with Crippen molar-refractivity contribution in [1.82, 2.24) is 19.6 Å². The summed E-state index contributed by atoms with van der Waals surface area (Å²) in [5, 5.41) is 8.58. The van der Waals surface area contributed by atoms with Crippen LogP contribution in [-0.2, 0) is 7.05 Å². The minimum absolute atomic E-state index is 1.02. The molecule has 0 aliphatic rings. The summed E-state index contributed by atoms with van der Waals surface area (Å²) in [5.74, 6) is 0. The molecule has 0 saturated heterocycles. The molecule has 5 nitrogen and oxygen atoms in total. The molecule has 0 fully saturated rings. The largest absolute Gasteiger partial charge is 0.265 e. The second-order valence-electron chi connectivity index (χ2n) is 4.34. The number of aryl methyl sites for hydroxylation is 2. The van der Waals surface area contributed by atoms with E-state index in [2.05, 4.69) is 16.3 Å². The third-order valence-corrected chi connectivity index (χ3v) is 2.72. The third-order valence-electron chi connectivity index (χ3n) is 2.72. The fourth-order valence-corrected chi connectivity index (χ4v) is 1.83. The summed E-state index contributed by atoms with van der Waals surface area (Å²) in [4.78, 5) is 0. The minimum atomic E-state index is 1.02. The molecule has 2 heterocycles. The van der Waals surface area contributed by atoms with Crippen LogP contribution in [0, 0.1) is 6.92 Å². The second kappa shape index (κ2) is 4.10. The van der Waals surface area contributed by atoms with Gasteiger partial charge in [-0.25, -0.2) is 9.25 Å². The average molecular weight is 240 g/mol. The molecule has 0 aliphatic carbocycles. The number of hydrogen-bond acceptors (Lipinski definition) is 2. The van der Waals surface area contributed by atoms with E-state index in [0.29, 0.717) is 0 Å². The molecule has 0 atom stereocenters. The lowest BCUT2D eigenvalue weighted by molar-refractivity contribution is -0.672. The van der Waals surface area contributed by atoms with Crippen LogP contribution in [0.5, 0.6) is 0 Å². The van der Waals surface area contributed by atoms with Gasteiger partial charge in [0.15, 0.2) is 0 Å². The smallest absolute Gasteiger partial charge is 0.241 e. The Morgan fingerprint density at radius 3 is 2.50 bits per heavy atom. The number of hydrogen-bond donors (Lipinski definition) is 0. The quantitative estimate of drug-likeness (QED) is 0.631. The summed E-state index contributed by atoms with van der Waals surface area (Å²) in [6.07, 6.45) is 7.54. The van der Waals surface area contributed by atoms with Gasteiger partial charge in [0.05, 0.1) is 18.9 Å². The van der Waals surface area contributed by atoms with E-state index < -0.39 is 0 Å². The van der Waals surface area contributed by atoms with E-state index in [4.69, 9.17) is 0 Å². The van der Waals surface area contributed by atoms with Crippen molar-refractivity contribution in [2.24, 2.45) is 7.05 Å². The fraction of sp³-hybridized carbons (Fsp3) is 0.154. The molecule has 0 aliphatic heterocycles. The van der Waals surface area contributed by atoms with Crippen LogP contribution in [0.25, 0.3) is 11.4 Å². The van der Waals surface area contributed by atoms with Crippen LogP contribution < -0.4 is 4.57 Å². The molecule has 0 N–H and O–H groups in total. The van der Waals surface area contributed by atoms with Gasteiger partial charge < -0.3 is 0 Å². The Bertz CT molecular complexity index is 625. The Hall–Kier alpha value is -2.43. The van der Waals surface area contributed by atoms with Crippen LogP contribution in [0.3, 0.4) is 0 Å². The molecule has 0 amide bonds. The molecular formula is C13H14N5+. The van der Waals surface area contributed by atoms with Crippen molar-refractivity contribution in [3.8, 4) is 11.4 Å². The standard InChI is InChI=1S/C13H14N5/c1-11-7-14-17(8-11)12-4-3-5-13(6-12)18-10-16(2)9-15-18/h3-10H,1-2H3/q+1. The summed E-state index contributed by atoms with van der Waals surface area (Å²) in [6.45, 7) is 2.03. The highest BCUT2D eigenvalue weighted by atomic mass is 15.3. The van der Waals surface area contributed by atoms with Gasteiger partial charge in [0, 0.05) is 17.4 Å². The molecule has 0 saturated carbocycles. The van der Waals surface area contributed by atoms with Crippen molar-refractivity contribution < 1.29 is 4.57 Å². The normalized spacial score (nSPS) is 10.8. The van der Waals surface area contributed by atoms with Crippen LogP contribution in [0.1, 0.15) is 5.56 Å². The van der Waals surface area contributed by atoms with Gasteiger partial charge in [0.25, 0.3) is 6.33 Å². The van der Waals surface area contributed by atoms with Crippen LogP contribution in [0.4, 0.5) is 0 Å². The van der Waals surface area contributed by atoms with E-state index in [1.165, 1.54) is 0 Å². The van der Waals surface area contributed by atoms with Crippen molar-refractivity contribution in [2.75, 3.05) is 0 Å². The third kappa shape index (κ3) is 1.90. The summed E-state index contributed by atoms with van der Waals surface area (Å²) in [5.41, 5.74) is 3.19. The molecule has 18 heavy (non-hydrogen) atoms. The Morgan fingerprint density at radius 1 is 1.11 bits per heavy atom. The number of rotatable bonds is 2. The van der Waals surface area contributed by atoms with Crippen LogP contribution in [-0.4, -0.2) is 19.6 Å². The first kappa shape index (κ1) is 10.7. The molecule has 5 heteroatoms. The van der Waals surface area contributed by atoms with Crippen LogP contribution in [0.2, 0.25) is 0 Å². The number of nitrogens with zero attached hydrogens (tertiary/aromatic N) is 5. The molecule has 0 unspecified atom stereocenters. The van der Waals surface area contributed by atoms with Gasteiger partial charge in [-0.2, -0.15) is 5.10 Å². The predicted octanol–water partition coefficient (Wildman–Crippen LogP) is 1.19. The van der Waals surface area contributed by atoms with Crippen LogP contribution >= 0.6 is 0 Å². The molecule has 0 bridgehead atoms. The van der Waals surface area contributed by atoms with E-state index in [0.717, 1.165) is 16.9 Å². The summed E-state index contributed by atoms with van der Waals surface area (Å²) < 4.78 is 5.60. The van der Waals surface area contributed by atoms with Gasteiger partial charge in [0.1, 0.15) is 5.69 Å². The monoisotopic (exact) mass is 240 g/mol. The zero-order valence-corrected chi connectivity index (χ0v) is 10.4. The Balaban J connectivity index is 2.04. The van der Waals surface area contributed by atoms with Gasteiger partial charge in [-0.1, -0.05) is 10.7 Å². The molecule has 0 spiro atoms. The van der Waals surface area contributed by atoms with E-state index in [1.807, 2.05) is 64.8 Å². The highest BCUT2D eigenvalue weighted by Crippen LogP contribution is 2.12. The maximum Gasteiger partial charge on any atom is 0.265 e. The zero-order valence-electron chi connectivity index (χ0n) is 10.4. The lowest BCUT2D eigenvalue weighted by Crippen LogP contribution is -2.23. The predicted molar refractivity (Wildman–Crippen MR) is 66.6 cm³/mol. The van der Waals surface area contributed by atoms with Crippen molar-refractivity contribution in [3.05, 3.63) is 54.9 Å². The van der Waals surface area contributed by atoms with Crippen LogP contribution in [0.15, 0.2) is 49.3 Å². The molecule has 1 aromatic carbocycles. The SMILES string of the molecule is Cc1cnn(-c2cccc(-n3c[n+](C)cn3)c2)c1. The van der Waals surface area contributed by atoms with E-state index in [9.17, 15) is 0 Å². The van der Waals surface area contributed by atoms with Gasteiger partial charge >= 0.3 is 0 Å². The number of benzene rings is 1. The van der Waals surface area contributed by atoms with Gasteiger partial charge in [-0.15, -0.1) is 0 Å². The summed E-state index contributed by atoms with van der Waals surface area (Å²) in [6, 6.07) is 8.11. The van der Waals surface area contributed by atoms with E-state index >= 15 is 0 Å². The molecule has 0 radical (unpaired) electrons. The number of aromatic nitrogens is 5. The Kier molecular flexibility index (Phi) is 2.44. The first-order chi connectivity index (χ1) is 8.72. The van der Waals surface area contributed by atoms with E-state index in [-0.39, 0.29) is 0 Å². The van der Waals surface area contributed by atoms with Crippen molar-refractivity contribution in [1.29, 1.82) is 0 Å².